The molecular weight excluding hydrogens is 448 g/mol. The number of amidine groups is 1. The van der Waals surface area contributed by atoms with Crippen molar-refractivity contribution in [1.29, 1.82) is 5.41 Å². The maximum Gasteiger partial charge on any atom is 0.141 e. The van der Waals surface area contributed by atoms with Gasteiger partial charge in [-0.05, 0) is 62.3 Å². The fourth-order valence-electron chi connectivity index (χ4n) is 3.37. The van der Waals surface area contributed by atoms with Gasteiger partial charge >= 0.3 is 0 Å². The van der Waals surface area contributed by atoms with Crippen molar-refractivity contribution in [3.8, 4) is 0 Å². The van der Waals surface area contributed by atoms with Gasteiger partial charge in [-0.3, -0.25) is 4.99 Å². The molecule has 0 aromatic heterocycles. The Kier molecular flexibility index (Phi) is 10.4. The zero-order chi connectivity index (χ0) is 23.7. The Morgan fingerprint density at radius 3 is 2.81 bits per heavy atom. The first-order valence-corrected chi connectivity index (χ1v) is 11.8. The Bertz CT molecular complexity index is 933. The predicted octanol–water partition coefficient (Wildman–Crippen LogP) is 7.58. The van der Waals surface area contributed by atoms with Gasteiger partial charge in [0, 0.05) is 27.7 Å². The quantitative estimate of drug-likeness (QED) is 0.411. The summed E-state index contributed by atoms with van der Waals surface area (Å²) in [7, 11) is 0. The zero-order valence-corrected chi connectivity index (χ0v) is 20.3. The molecule has 1 aromatic rings. The molecule has 32 heavy (non-hydrogen) atoms. The highest BCUT2D eigenvalue weighted by Gasteiger charge is 2.33. The lowest BCUT2D eigenvalue weighted by Crippen LogP contribution is -2.33. The standard InChI is InChI=1S/C19H26FN3S.C6H4ClF/c1-5-9-24-15(4)19-22-11-16(17(21)8-6-7-14(3)20)18-10-13(2)12-23(18)19;7-5-2-1-3-6(8)4-5/h5-6,8-9,13-14,21H,4,7,10-12H2,1-3H3;1-4H/b8-6-,9-5-,21-17?;. The van der Waals surface area contributed by atoms with E-state index in [9.17, 15) is 8.78 Å². The van der Waals surface area contributed by atoms with Crippen LogP contribution in [-0.2, 0) is 0 Å². The highest BCUT2D eigenvalue weighted by molar-refractivity contribution is 8.06. The summed E-state index contributed by atoms with van der Waals surface area (Å²) < 4.78 is 25.0. The Labute approximate surface area is 199 Å². The number of hydrogen-bond donors (Lipinski definition) is 1. The largest absolute Gasteiger partial charge is 0.329 e. The van der Waals surface area contributed by atoms with Crippen LogP contribution in [0.2, 0.25) is 5.02 Å². The molecule has 0 saturated carbocycles. The number of halogens is 3. The molecule has 2 aliphatic heterocycles. The number of nitrogens with one attached hydrogen (secondary N) is 1. The molecule has 2 unspecified atom stereocenters. The summed E-state index contributed by atoms with van der Waals surface area (Å²) in [6, 6.07) is 5.82. The third-order valence-corrected chi connectivity index (χ3v) is 5.92. The van der Waals surface area contributed by atoms with Crippen molar-refractivity contribution in [3.63, 3.8) is 0 Å². The van der Waals surface area contributed by atoms with E-state index in [1.54, 1.807) is 36.0 Å². The van der Waals surface area contributed by atoms with Crippen molar-refractivity contribution < 1.29 is 8.78 Å². The monoisotopic (exact) mass is 477 g/mol. The average Bonchev–Trinajstić information content (AvgIpc) is 3.12. The summed E-state index contributed by atoms with van der Waals surface area (Å²) in [4.78, 5) is 7.83. The van der Waals surface area contributed by atoms with Crippen LogP contribution in [0.1, 0.15) is 33.6 Å². The van der Waals surface area contributed by atoms with E-state index in [1.165, 1.54) is 24.8 Å². The SMILES string of the molecule is C=C(S/C=C\C)C1=NCC(C(=N)/C=C\CC(C)F)=C2CC(C)CN12.Fc1cccc(Cl)c1. The van der Waals surface area contributed by atoms with E-state index < -0.39 is 6.17 Å². The Balaban J connectivity index is 0.000000380. The van der Waals surface area contributed by atoms with Gasteiger partial charge in [0.15, 0.2) is 0 Å². The van der Waals surface area contributed by atoms with Crippen LogP contribution in [0.4, 0.5) is 8.78 Å². The molecule has 1 N–H and O–H groups in total. The van der Waals surface area contributed by atoms with E-state index in [0.29, 0.717) is 29.6 Å². The van der Waals surface area contributed by atoms with Gasteiger partial charge in [0.2, 0.25) is 0 Å². The number of fused-ring (bicyclic) bond motifs is 1. The summed E-state index contributed by atoms with van der Waals surface area (Å²) in [5.74, 6) is 1.16. The second-order valence-electron chi connectivity index (χ2n) is 7.77. The van der Waals surface area contributed by atoms with Crippen LogP contribution in [0.15, 0.2) is 75.6 Å². The number of benzene rings is 1. The molecule has 172 valence electrons. The molecule has 2 heterocycles. The summed E-state index contributed by atoms with van der Waals surface area (Å²) in [6.45, 7) is 11.3. The lowest BCUT2D eigenvalue weighted by Gasteiger charge is -2.29. The van der Waals surface area contributed by atoms with E-state index in [2.05, 4.69) is 23.4 Å². The molecule has 3 nitrogen and oxygen atoms in total. The molecule has 2 aliphatic rings. The predicted molar refractivity (Wildman–Crippen MR) is 135 cm³/mol. The minimum Gasteiger partial charge on any atom is -0.329 e. The maximum atomic E-state index is 12.9. The average molecular weight is 478 g/mol. The van der Waals surface area contributed by atoms with Crippen molar-refractivity contribution in [2.75, 3.05) is 13.1 Å². The minimum atomic E-state index is -0.877. The van der Waals surface area contributed by atoms with E-state index in [-0.39, 0.29) is 5.82 Å². The first-order valence-electron chi connectivity index (χ1n) is 10.5. The minimum absolute atomic E-state index is 0.294. The van der Waals surface area contributed by atoms with Gasteiger partial charge in [-0.15, -0.1) is 0 Å². The molecule has 2 atom stereocenters. The number of aliphatic imine (C=N–C) groups is 1. The fourth-order valence-corrected chi connectivity index (χ4v) is 4.13. The van der Waals surface area contributed by atoms with Gasteiger partial charge in [0.25, 0.3) is 0 Å². The maximum absolute atomic E-state index is 12.9. The molecule has 0 radical (unpaired) electrons. The van der Waals surface area contributed by atoms with E-state index in [1.807, 2.05) is 18.4 Å². The fraction of sp³-hybridized carbons (Fsp3) is 0.360. The third kappa shape index (κ3) is 7.75. The van der Waals surface area contributed by atoms with Gasteiger partial charge in [0.05, 0.1) is 12.3 Å². The number of thioether (sulfide) groups is 1. The van der Waals surface area contributed by atoms with Crippen LogP contribution in [0.25, 0.3) is 0 Å². The first kappa shape index (κ1) is 26.1. The number of hydrogen-bond acceptors (Lipinski definition) is 4. The van der Waals surface area contributed by atoms with Crippen molar-refractivity contribution in [1.82, 2.24) is 4.90 Å². The third-order valence-electron chi connectivity index (χ3n) is 4.81. The molecule has 1 fully saturated rings. The van der Waals surface area contributed by atoms with Gasteiger partial charge < -0.3 is 10.3 Å². The normalized spacial score (nSPS) is 19.0. The van der Waals surface area contributed by atoms with Crippen LogP contribution < -0.4 is 0 Å². The van der Waals surface area contributed by atoms with Crippen LogP contribution in [-0.4, -0.2) is 35.7 Å². The lowest BCUT2D eigenvalue weighted by atomic mass is 10.0. The summed E-state index contributed by atoms with van der Waals surface area (Å²) in [5.41, 5.74) is 2.58. The van der Waals surface area contributed by atoms with Gasteiger partial charge in [0.1, 0.15) is 17.8 Å². The molecule has 0 aliphatic carbocycles. The number of alkyl halides is 1. The topological polar surface area (TPSA) is 39.5 Å². The second kappa shape index (κ2) is 12.8. The van der Waals surface area contributed by atoms with E-state index >= 15 is 0 Å². The van der Waals surface area contributed by atoms with Gasteiger partial charge in [-0.25, -0.2) is 8.78 Å². The summed E-state index contributed by atoms with van der Waals surface area (Å²) in [5, 5.41) is 10.8. The molecule has 0 amide bonds. The molecule has 3 rings (SSSR count). The van der Waals surface area contributed by atoms with Crippen molar-refractivity contribution in [2.45, 2.75) is 39.8 Å². The molecule has 1 aromatic carbocycles. The summed E-state index contributed by atoms with van der Waals surface area (Å²) >= 11 is 6.99. The second-order valence-corrected chi connectivity index (χ2v) is 9.20. The number of allylic oxidation sites excluding steroid dienone is 4. The molecule has 0 spiro atoms. The molecule has 0 bridgehead atoms. The van der Waals surface area contributed by atoms with E-state index in [0.717, 1.165) is 29.3 Å². The van der Waals surface area contributed by atoms with Crippen molar-refractivity contribution in [2.24, 2.45) is 10.9 Å². The Hall–Kier alpha value is -2.18. The summed E-state index contributed by atoms with van der Waals surface area (Å²) in [6.07, 6.45) is 5.85. The lowest BCUT2D eigenvalue weighted by molar-refractivity contribution is 0.365. The van der Waals surface area contributed by atoms with Crippen LogP contribution >= 0.6 is 23.4 Å². The zero-order valence-electron chi connectivity index (χ0n) is 18.7. The van der Waals surface area contributed by atoms with Crippen LogP contribution in [0.3, 0.4) is 0 Å². The van der Waals surface area contributed by atoms with Gasteiger partial charge in [-0.1, -0.05) is 55.1 Å². The van der Waals surface area contributed by atoms with Crippen LogP contribution in [0.5, 0.6) is 0 Å². The smallest absolute Gasteiger partial charge is 0.141 e. The molecule has 7 heteroatoms. The van der Waals surface area contributed by atoms with E-state index in [4.69, 9.17) is 17.0 Å². The molecule has 1 saturated heterocycles. The van der Waals surface area contributed by atoms with Crippen LogP contribution in [0, 0.1) is 17.1 Å². The first-order chi connectivity index (χ1) is 15.2. The Morgan fingerprint density at radius 1 is 1.47 bits per heavy atom. The van der Waals surface area contributed by atoms with Gasteiger partial charge in [-0.2, -0.15) is 0 Å². The highest BCUT2D eigenvalue weighted by Crippen LogP contribution is 2.35. The van der Waals surface area contributed by atoms with Crippen molar-refractivity contribution in [3.05, 3.63) is 81.5 Å². The highest BCUT2D eigenvalue weighted by atomic mass is 35.5. The van der Waals surface area contributed by atoms with Crippen molar-refractivity contribution >= 4 is 34.9 Å². The molecular formula is C25H30ClF2N3S. The number of rotatable bonds is 7. The number of nitrogens with zero attached hydrogens (tertiary/aromatic N) is 2. The Morgan fingerprint density at radius 2 is 2.22 bits per heavy atom.